The Balaban J connectivity index is 2.58. The van der Waals surface area contributed by atoms with Crippen LogP contribution in [0.3, 0.4) is 0 Å². The molecule has 0 heterocycles. The second-order valence-corrected chi connectivity index (χ2v) is 4.10. The summed E-state index contributed by atoms with van der Waals surface area (Å²) in [5.74, 6) is -1.77. The number of carbonyl (C=O) groups is 2. The van der Waals surface area contributed by atoms with E-state index in [1.807, 2.05) is 0 Å². The molecule has 0 bridgehead atoms. The molecule has 0 saturated heterocycles. The Bertz CT molecular complexity index is 420. The first kappa shape index (κ1) is 13.5. The Morgan fingerprint density at radius 3 is 2.71 bits per heavy atom. The minimum absolute atomic E-state index is 0.122. The minimum Gasteiger partial charge on any atom is -0.481 e. The highest BCUT2D eigenvalue weighted by atomic mass is 35.5. The Kier molecular flexibility index (Phi) is 4.97. The summed E-state index contributed by atoms with van der Waals surface area (Å²) in [6, 6.07) is 6.51. The molecule has 1 atom stereocenters. The van der Waals surface area contributed by atoms with Crippen molar-refractivity contribution in [2.75, 3.05) is 6.54 Å². The van der Waals surface area contributed by atoms with Crippen molar-refractivity contribution >= 4 is 23.5 Å². The quantitative estimate of drug-likeness (QED) is 0.848. The van der Waals surface area contributed by atoms with Crippen LogP contribution in [0.4, 0.5) is 0 Å². The molecule has 0 aliphatic carbocycles. The lowest BCUT2D eigenvalue weighted by Crippen LogP contribution is -2.32. The molecule has 0 aromatic heterocycles. The maximum absolute atomic E-state index is 11.7. The zero-order valence-corrected chi connectivity index (χ0v) is 10.2. The first-order chi connectivity index (χ1) is 8.04. The highest BCUT2D eigenvalue weighted by molar-refractivity contribution is 6.30. The van der Waals surface area contributed by atoms with Gasteiger partial charge in [-0.05, 0) is 24.6 Å². The molecule has 17 heavy (non-hydrogen) atoms. The molecule has 92 valence electrons. The van der Waals surface area contributed by atoms with Crippen LogP contribution in [0.5, 0.6) is 0 Å². The topological polar surface area (TPSA) is 66.4 Å². The number of carboxylic acid groups (broad SMARTS) is 1. The van der Waals surface area contributed by atoms with Crippen LogP contribution in [0.2, 0.25) is 5.02 Å². The third-order valence-corrected chi connectivity index (χ3v) is 2.67. The fourth-order valence-electron chi connectivity index (χ4n) is 1.35. The summed E-state index contributed by atoms with van der Waals surface area (Å²) in [5, 5.41) is 11.9. The number of halogens is 1. The van der Waals surface area contributed by atoms with Crippen molar-refractivity contribution in [2.45, 2.75) is 13.3 Å². The third-order valence-electron chi connectivity index (χ3n) is 2.44. The summed E-state index contributed by atoms with van der Waals surface area (Å²) in [7, 11) is 0. The summed E-state index contributed by atoms with van der Waals surface area (Å²) in [4.78, 5) is 22.4. The summed E-state index contributed by atoms with van der Waals surface area (Å²) >= 11 is 5.76. The molecule has 1 amide bonds. The van der Waals surface area contributed by atoms with Crippen LogP contribution in [0.25, 0.3) is 0 Å². The molecule has 0 spiro atoms. The van der Waals surface area contributed by atoms with Gasteiger partial charge in [0, 0.05) is 17.1 Å². The Hall–Kier alpha value is -1.55. The van der Waals surface area contributed by atoms with E-state index in [9.17, 15) is 9.59 Å². The number of hydrogen-bond donors (Lipinski definition) is 2. The number of benzene rings is 1. The van der Waals surface area contributed by atoms with Crippen LogP contribution >= 0.6 is 11.6 Å². The molecule has 0 aliphatic heterocycles. The van der Waals surface area contributed by atoms with E-state index < -0.39 is 11.9 Å². The van der Waals surface area contributed by atoms with Gasteiger partial charge in [0.2, 0.25) is 0 Å². The highest BCUT2D eigenvalue weighted by Crippen LogP contribution is 2.10. The first-order valence-electron chi connectivity index (χ1n) is 5.31. The summed E-state index contributed by atoms with van der Waals surface area (Å²) < 4.78 is 0. The molecule has 0 saturated carbocycles. The Labute approximate surface area is 105 Å². The van der Waals surface area contributed by atoms with Crippen LogP contribution in [-0.4, -0.2) is 23.5 Å². The normalized spacial score (nSPS) is 11.9. The number of aliphatic carboxylic acids is 1. The number of carbonyl (C=O) groups excluding carboxylic acids is 1. The molecule has 1 unspecified atom stereocenters. The number of amides is 1. The molecule has 4 nitrogen and oxygen atoms in total. The van der Waals surface area contributed by atoms with Crippen molar-refractivity contribution in [1.82, 2.24) is 5.32 Å². The van der Waals surface area contributed by atoms with E-state index >= 15 is 0 Å². The molecular weight excluding hydrogens is 242 g/mol. The van der Waals surface area contributed by atoms with E-state index in [0.29, 0.717) is 17.0 Å². The first-order valence-corrected chi connectivity index (χ1v) is 5.69. The van der Waals surface area contributed by atoms with Gasteiger partial charge >= 0.3 is 5.97 Å². The number of carboxylic acids is 1. The van der Waals surface area contributed by atoms with E-state index in [0.717, 1.165) is 0 Å². The third kappa shape index (κ3) is 4.07. The molecule has 0 fully saturated rings. The predicted molar refractivity (Wildman–Crippen MR) is 65.2 cm³/mol. The maximum atomic E-state index is 11.7. The van der Waals surface area contributed by atoms with Crippen molar-refractivity contribution in [1.29, 1.82) is 0 Å². The maximum Gasteiger partial charge on any atom is 0.308 e. The summed E-state index contributed by atoms with van der Waals surface area (Å²) in [6.07, 6.45) is 0.477. The van der Waals surface area contributed by atoms with Crippen LogP contribution in [0.1, 0.15) is 23.7 Å². The van der Waals surface area contributed by atoms with E-state index in [4.69, 9.17) is 16.7 Å². The lowest BCUT2D eigenvalue weighted by molar-refractivity contribution is -0.141. The SMILES string of the molecule is CCC(CNC(=O)c1cccc(Cl)c1)C(=O)O. The summed E-state index contributed by atoms with van der Waals surface area (Å²) in [6.45, 7) is 1.89. The van der Waals surface area contributed by atoms with Crippen molar-refractivity contribution in [2.24, 2.45) is 5.92 Å². The van der Waals surface area contributed by atoms with Crippen LogP contribution in [-0.2, 0) is 4.79 Å². The van der Waals surface area contributed by atoms with Gasteiger partial charge in [-0.2, -0.15) is 0 Å². The number of nitrogens with one attached hydrogen (secondary N) is 1. The van der Waals surface area contributed by atoms with Gasteiger partial charge in [-0.1, -0.05) is 24.6 Å². The minimum atomic E-state index is -0.904. The van der Waals surface area contributed by atoms with E-state index in [1.165, 1.54) is 0 Å². The smallest absolute Gasteiger partial charge is 0.308 e. The van der Waals surface area contributed by atoms with Gasteiger partial charge in [-0.25, -0.2) is 0 Å². The van der Waals surface area contributed by atoms with Crippen molar-refractivity contribution in [3.8, 4) is 0 Å². The average molecular weight is 256 g/mol. The van der Waals surface area contributed by atoms with E-state index in [1.54, 1.807) is 31.2 Å². The zero-order valence-electron chi connectivity index (χ0n) is 9.44. The molecular formula is C12H14ClNO3. The monoisotopic (exact) mass is 255 g/mol. The molecule has 0 radical (unpaired) electrons. The fourth-order valence-corrected chi connectivity index (χ4v) is 1.54. The van der Waals surface area contributed by atoms with Gasteiger partial charge in [-0.15, -0.1) is 0 Å². The van der Waals surface area contributed by atoms with Gasteiger partial charge in [0.05, 0.1) is 5.92 Å². The molecule has 1 aromatic carbocycles. The predicted octanol–water partition coefficient (Wildman–Crippen LogP) is 2.18. The molecule has 1 aromatic rings. The lowest BCUT2D eigenvalue weighted by atomic mass is 10.1. The van der Waals surface area contributed by atoms with Gasteiger partial charge in [0.25, 0.3) is 5.91 Å². The van der Waals surface area contributed by atoms with Gasteiger partial charge in [-0.3, -0.25) is 9.59 Å². The Morgan fingerprint density at radius 1 is 1.47 bits per heavy atom. The second-order valence-electron chi connectivity index (χ2n) is 3.66. The van der Waals surface area contributed by atoms with Crippen LogP contribution in [0.15, 0.2) is 24.3 Å². The van der Waals surface area contributed by atoms with E-state index in [2.05, 4.69) is 5.32 Å². The highest BCUT2D eigenvalue weighted by Gasteiger charge is 2.16. The Morgan fingerprint density at radius 2 is 2.18 bits per heavy atom. The number of rotatable bonds is 5. The fraction of sp³-hybridized carbons (Fsp3) is 0.333. The lowest BCUT2D eigenvalue weighted by Gasteiger charge is -2.11. The standard InChI is InChI=1S/C12H14ClNO3/c1-2-8(12(16)17)7-14-11(15)9-4-3-5-10(13)6-9/h3-6,8H,2,7H2,1H3,(H,14,15)(H,16,17). The molecule has 5 heteroatoms. The van der Waals surface area contributed by atoms with Crippen molar-refractivity contribution in [3.05, 3.63) is 34.9 Å². The van der Waals surface area contributed by atoms with Crippen LogP contribution < -0.4 is 5.32 Å². The van der Waals surface area contributed by atoms with Gasteiger partial charge < -0.3 is 10.4 Å². The van der Waals surface area contributed by atoms with Gasteiger partial charge in [0.1, 0.15) is 0 Å². The largest absolute Gasteiger partial charge is 0.481 e. The second kappa shape index (κ2) is 6.25. The number of hydrogen-bond acceptors (Lipinski definition) is 2. The average Bonchev–Trinajstić information content (AvgIpc) is 2.29. The molecule has 1 rings (SSSR count). The van der Waals surface area contributed by atoms with Crippen molar-refractivity contribution in [3.63, 3.8) is 0 Å². The summed E-state index contributed by atoms with van der Waals surface area (Å²) in [5.41, 5.74) is 0.428. The molecule has 0 aliphatic rings. The molecule has 2 N–H and O–H groups in total. The van der Waals surface area contributed by atoms with Gasteiger partial charge in [0.15, 0.2) is 0 Å². The van der Waals surface area contributed by atoms with Crippen molar-refractivity contribution < 1.29 is 14.7 Å². The zero-order chi connectivity index (χ0) is 12.8. The van der Waals surface area contributed by atoms with Crippen LogP contribution in [0, 0.1) is 5.92 Å². The van der Waals surface area contributed by atoms with E-state index in [-0.39, 0.29) is 12.5 Å².